The molecule has 1 heterocycles. The third kappa shape index (κ3) is 5.43. The summed E-state index contributed by atoms with van der Waals surface area (Å²) in [7, 11) is 1.56. The van der Waals surface area contributed by atoms with Gasteiger partial charge in [0.15, 0.2) is 0 Å². The molecule has 0 aliphatic carbocycles. The number of methoxy groups -OCH3 is 1. The lowest BCUT2D eigenvalue weighted by Gasteiger charge is -2.25. The third-order valence-corrected chi connectivity index (χ3v) is 6.35. The highest BCUT2D eigenvalue weighted by molar-refractivity contribution is 6.46. The van der Waals surface area contributed by atoms with Crippen molar-refractivity contribution in [1.82, 2.24) is 4.90 Å². The molecule has 1 aliphatic rings. The first-order chi connectivity index (χ1) is 17.5. The van der Waals surface area contributed by atoms with Gasteiger partial charge in [-0.15, -0.1) is 0 Å². The van der Waals surface area contributed by atoms with Gasteiger partial charge >= 0.3 is 0 Å². The first-order valence-electron chi connectivity index (χ1n) is 12.2. The van der Waals surface area contributed by atoms with Gasteiger partial charge in [0.25, 0.3) is 11.7 Å². The van der Waals surface area contributed by atoms with Crippen LogP contribution in [0, 0.1) is 0 Å². The fourth-order valence-electron chi connectivity index (χ4n) is 4.34. The van der Waals surface area contributed by atoms with E-state index in [4.69, 9.17) is 9.47 Å². The van der Waals surface area contributed by atoms with E-state index < -0.39 is 17.7 Å². The van der Waals surface area contributed by atoms with Gasteiger partial charge < -0.3 is 19.5 Å². The molecular formula is C30H31NO5. The number of unbranched alkanes of at least 4 members (excludes halogenated alkanes) is 1. The number of hydrogen-bond donors (Lipinski definition) is 1. The van der Waals surface area contributed by atoms with Crippen LogP contribution >= 0.6 is 0 Å². The number of rotatable bonds is 10. The number of nitrogens with zero attached hydrogens (tertiary/aromatic N) is 1. The number of ether oxygens (including phenoxy) is 2. The number of hydrogen-bond acceptors (Lipinski definition) is 5. The summed E-state index contributed by atoms with van der Waals surface area (Å²) in [6.07, 6.45) is 2.59. The van der Waals surface area contributed by atoms with E-state index in [1.807, 2.05) is 54.6 Å². The average Bonchev–Trinajstić information content (AvgIpc) is 3.17. The zero-order chi connectivity index (χ0) is 25.5. The van der Waals surface area contributed by atoms with Crippen molar-refractivity contribution in [3.8, 4) is 11.5 Å². The Morgan fingerprint density at radius 1 is 0.917 bits per heavy atom. The van der Waals surface area contributed by atoms with Crippen LogP contribution in [0.4, 0.5) is 0 Å². The SMILES string of the molecule is CCCCOc1ccc(C2/C(=C(\O)c3ccc(OC)cc3)C(=O)C(=O)N2CCc2ccccc2)cc1. The predicted octanol–water partition coefficient (Wildman–Crippen LogP) is 5.54. The highest BCUT2D eigenvalue weighted by Gasteiger charge is 2.45. The fourth-order valence-corrected chi connectivity index (χ4v) is 4.34. The summed E-state index contributed by atoms with van der Waals surface area (Å²) < 4.78 is 11.0. The second kappa shape index (κ2) is 11.6. The number of ketones is 1. The van der Waals surface area contributed by atoms with E-state index in [1.165, 1.54) is 0 Å². The third-order valence-electron chi connectivity index (χ3n) is 6.35. The maximum absolute atomic E-state index is 13.2. The quantitative estimate of drug-likeness (QED) is 0.177. The van der Waals surface area contributed by atoms with Crippen molar-refractivity contribution < 1.29 is 24.2 Å². The van der Waals surface area contributed by atoms with Crippen LogP contribution in [-0.2, 0) is 16.0 Å². The number of carbonyl (C=O) groups is 2. The van der Waals surface area contributed by atoms with Gasteiger partial charge in [-0.1, -0.05) is 55.8 Å². The zero-order valence-electron chi connectivity index (χ0n) is 20.6. The Bertz CT molecular complexity index is 1220. The second-order valence-electron chi connectivity index (χ2n) is 8.73. The molecule has 3 aromatic carbocycles. The molecule has 0 spiro atoms. The molecule has 1 saturated heterocycles. The summed E-state index contributed by atoms with van der Waals surface area (Å²) in [5, 5.41) is 11.2. The largest absolute Gasteiger partial charge is 0.507 e. The molecule has 0 aromatic heterocycles. The molecular weight excluding hydrogens is 454 g/mol. The number of likely N-dealkylation sites (tertiary alicyclic amines) is 1. The smallest absolute Gasteiger partial charge is 0.295 e. The summed E-state index contributed by atoms with van der Waals surface area (Å²) >= 11 is 0. The summed E-state index contributed by atoms with van der Waals surface area (Å²) in [5.74, 6) is -0.154. The number of amides is 1. The molecule has 6 heteroatoms. The van der Waals surface area contributed by atoms with Crippen molar-refractivity contribution in [1.29, 1.82) is 0 Å². The summed E-state index contributed by atoms with van der Waals surface area (Å²) in [5.41, 5.74) is 2.33. The normalized spacial score (nSPS) is 16.8. The monoisotopic (exact) mass is 485 g/mol. The number of aliphatic hydroxyl groups excluding tert-OH is 1. The molecule has 6 nitrogen and oxygen atoms in total. The summed E-state index contributed by atoms with van der Waals surface area (Å²) in [4.78, 5) is 28.0. The van der Waals surface area contributed by atoms with Crippen LogP contribution in [0.2, 0.25) is 0 Å². The van der Waals surface area contributed by atoms with Crippen LogP contribution in [-0.4, -0.2) is 42.0 Å². The Labute approximate surface area is 211 Å². The van der Waals surface area contributed by atoms with Crippen molar-refractivity contribution in [3.63, 3.8) is 0 Å². The predicted molar refractivity (Wildman–Crippen MR) is 139 cm³/mol. The molecule has 3 aromatic rings. The number of Topliss-reactive ketones (excluding diaryl/α,β-unsaturated/α-hetero) is 1. The van der Waals surface area contributed by atoms with Crippen molar-refractivity contribution in [2.24, 2.45) is 0 Å². The molecule has 1 N–H and O–H groups in total. The molecule has 186 valence electrons. The lowest BCUT2D eigenvalue weighted by molar-refractivity contribution is -0.139. The molecule has 1 fully saturated rings. The lowest BCUT2D eigenvalue weighted by Crippen LogP contribution is -2.31. The Morgan fingerprint density at radius 2 is 1.58 bits per heavy atom. The minimum atomic E-state index is -0.708. The van der Waals surface area contributed by atoms with Crippen molar-refractivity contribution >= 4 is 17.4 Å². The lowest BCUT2D eigenvalue weighted by atomic mass is 9.95. The molecule has 0 saturated carbocycles. The minimum absolute atomic E-state index is 0.0814. The van der Waals surface area contributed by atoms with Crippen LogP contribution in [0.1, 0.15) is 42.5 Å². The van der Waals surface area contributed by atoms with Gasteiger partial charge in [0, 0.05) is 12.1 Å². The van der Waals surface area contributed by atoms with Crippen molar-refractivity contribution in [2.75, 3.05) is 20.3 Å². The van der Waals surface area contributed by atoms with Crippen LogP contribution in [0.15, 0.2) is 84.4 Å². The zero-order valence-corrected chi connectivity index (χ0v) is 20.6. The fraction of sp³-hybridized carbons (Fsp3) is 0.267. The molecule has 4 rings (SSSR count). The number of aliphatic hydroxyl groups is 1. The van der Waals surface area contributed by atoms with Gasteiger partial charge in [0.05, 0.1) is 25.3 Å². The first-order valence-corrected chi connectivity index (χ1v) is 12.2. The maximum atomic E-state index is 13.2. The van der Waals surface area contributed by atoms with E-state index in [-0.39, 0.29) is 11.3 Å². The number of carbonyl (C=O) groups excluding carboxylic acids is 2. The standard InChI is InChI=1S/C30H31NO5/c1-3-4-20-36-25-16-10-22(11-17-25)27-26(28(32)23-12-14-24(35-2)15-13-23)29(33)30(34)31(27)19-18-21-8-6-5-7-9-21/h5-17,27,32H,3-4,18-20H2,1-2H3/b28-26+. The van der Waals surface area contributed by atoms with Crippen LogP contribution in [0.5, 0.6) is 11.5 Å². The Balaban J connectivity index is 1.71. The van der Waals surface area contributed by atoms with Gasteiger partial charge in [-0.3, -0.25) is 9.59 Å². The van der Waals surface area contributed by atoms with Crippen molar-refractivity contribution in [2.45, 2.75) is 32.2 Å². The van der Waals surface area contributed by atoms with E-state index in [9.17, 15) is 14.7 Å². The topological polar surface area (TPSA) is 76.1 Å². The molecule has 1 unspecified atom stereocenters. The number of benzene rings is 3. The molecule has 0 radical (unpaired) electrons. The van der Waals surface area contributed by atoms with Gasteiger partial charge in [-0.2, -0.15) is 0 Å². The molecule has 0 bridgehead atoms. The van der Waals surface area contributed by atoms with Crippen molar-refractivity contribution in [3.05, 3.63) is 101 Å². The Morgan fingerprint density at radius 3 is 2.22 bits per heavy atom. The molecule has 1 atom stereocenters. The van der Waals surface area contributed by atoms with Gasteiger partial charge in [0.1, 0.15) is 17.3 Å². The molecule has 1 amide bonds. The Kier molecular flexibility index (Phi) is 8.06. The minimum Gasteiger partial charge on any atom is -0.507 e. The van der Waals surface area contributed by atoms with Crippen LogP contribution in [0.25, 0.3) is 5.76 Å². The van der Waals surface area contributed by atoms with E-state index in [1.54, 1.807) is 36.3 Å². The maximum Gasteiger partial charge on any atom is 0.295 e. The highest BCUT2D eigenvalue weighted by atomic mass is 16.5. The van der Waals surface area contributed by atoms with E-state index in [0.717, 1.165) is 29.7 Å². The summed E-state index contributed by atoms with van der Waals surface area (Å²) in [6, 6.07) is 23.3. The first kappa shape index (κ1) is 25.0. The van der Waals surface area contributed by atoms with Crippen LogP contribution in [0.3, 0.4) is 0 Å². The van der Waals surface area contributed by atoms with Gasteiger partial charge in [-0.05, 0) is 60.4 Å². The van der Waals surface area contributed by atoms with Gasteiger partial charge in [-0.25, -0.2) is 0 Å². The van der Waals surface area contributed by atoms with E-state index in [0.29, 0.717) is 30.9 Å². The van der Waals surface area contributed by atoms with Gasteiger partial charge in [0.2, 0.25) is 0 Å². The Hall–Kier alpha value is -4.06. The second-order valence-corrected chi connectivity index (χ2v) is 8.73. The molecule has 1 aliphatic heterocycles. The summed E-state index contributed by atoms with van der Waals surface area (Å²) in [6.45, 7) is 3.07. The molecule has 36 heavy (non-hydrogen) atoms. The average molecular weight is 486 g/mol. The highest BCUT2D eigenvalue weighted by Crippen LogP contribution is 2.40. The van der Waals surface area contributed by atoms with E-state index in [2.05, 4.69) is 6.92 Å². The van der Waals surface area contributed by atoms with E-state index >= 15 is 0 Å². The van der Waals surface area contributed by atoms with Crippen LogP contribution < -0.4 is 9.47 Å².